The van der Waals surface area contributed by atoms with E-state index in [0.29, 0.717) is 11.9 Å². The van der Waals surface area contributed by atoms with Gasteiger partial charge in [-0.25, -0.2) is 9.07 Å². The molecule has 1 atom stereocenters. The van der Waals surface area contributed by atoms with Gasteiger partial charge in [-0.3, -0.25) is 9.59 Å². The van der Waals surface area contributed by atoms with Crippen molar-refractivity contribution >= 4 is 22.8 Å². The van der Waals surface area contributed by atoms with Crippen LogP contribution in [0, 0.1) is 5.82 Å². The van der Waals surface area contributed by atoms with Crippen LogP contribution in [0.4, 0.5) is 4.39 Å². The summed E-state index contributed by atoms with van der Waals surface area (Å²) in [5, 5.41) is 11.3. The second kappa shape index (κ2) is 9.91. The van der Waals surface area contributed by atoms with E-state index in [0.717, 1.165) is 31.2 Å². The number of hydrogen-bond donors (Lipinski definition) is 1. The first-order chi connectivity index (χ1) is 16.3. The van der Waals surface area contributed by atoms with E-state index in [4.69, 9.17) is 0 Å². The fraction of sp³-hybridized carbons (Fsp3) is 0.462. The van der Waals surface area contributed by atoms with Crippen LogP contribution in [-0.2, 0) is 16.1 Å². The van der Waals surface area contributed by atoms with Crippen molar-refractivity contribution in [2.24, 2.45) is 0 Å². The van der Waals surface area contributed by atoms with Crippen LogP contribution in [-0.4, -0.2) is 43.3 Å². The molecule has 3 aromatic rings. The molecule has 1 aromatic heterocycles. The Morgan fingerprint density at radius 1 is 1.15 bits per heavy atom. The first-order valence-corrected chi connectivity index (χ1v) is 12.0. The molecule has 180 valence electrons. The lowest BCUT2D eigenvalue weighted by molar-refractivity contribution is -0.145. The molecule has 0 spiro atoms. The molecule has 2 amide bonds. The molecule has 8 heteroatoms. The number of nitrogens with one attached hydrogen (secondary N) is 1. The van der Waals surface area contributed by atoms with Gasteiger partial charge in [0, 0.05) is 17.1 Å². The maximum atomic E-state index is 15.1. The zero-order valence-electron chi connectivity index (χ0n) is 20.0. The van der Waals surface area contributed by atoms with Crippen LogP contribution < -0.4 is 5.32 Å². The summed E-state index contributed by atoms with van der Waals surface area (Å²) in [7, 11) is 0. The van der Waals surface area contributed by atoms with Crippen LogP contribution in [0.3, 0.4) is 0 Å². The smallest absolute Gasteiger partial charge is 0.247 e. The largest absolute Gasteiger partial charge is 0.349 e. The zero-order valence-corrected chi connectivity index (χ0v) is 20.0. The number of carbonyl (C=O) groups is 2. The van der Waals surface area contributed by atoms with E-state index in [2.05, 4.69) is 15.6 Å². The summed E-state index contributed by atoms with van der Waals surface area (Å²) in [5.74, 6) is -1.15. The third-order valence-electron chi connectivity index (χ3n) is 6.78. The van der Waals surface area contributed by atoms with Crippen LogP contribution in [0.25, 0.3) is 11.0 Å². The Balaban J connectivity index is 1.75. The van der Waals surface area contributed by atoms with Gasteiger partial charge in [0.2, 0.25) is 11.8 Å². The molecular weight excluding hydrogens is 433 g/mol. The highest BCUT2D eigenvalue weighted by molar-refractivity contribution is 5.90. The quantitative estimate of drug-likeness (QED) is 0.535. The van der Waals surface area contributed by atoms with Gasteiger partial charge in [0.1, 0.15) is 23.9 Å². The van der Waals surface area contributed by atoms with Gasteiger partial charge in [-0.2, -0.15) is 0 Å². The van der Waals surface area contributed by atoms with Gasteiger partial charge < -0.3 is 10.2 Å². The third-order valence-corrected chi connectivity index (χ3v) is 6.78. The first kappa shape index (κ1) is 23.9. The maximum Gasteiger partial charge on any atom is 0.247 e. The summed E-state index contributed by atoms with van der Waals surface area (Å²) >= 11 is 0. The SMILES string of the molecule is CCC(C)(C)NC(=O)C(c1ccccc1F)N(C(=O)Cn1nnc2ccccc21)C1CCCC1. The fourth-order valence-corrected chi connectivity index (χ4v) is 4.59. The van der Waals surface area contributed by atoms with E-state index >= 15 is 4.39 Å². The predicted octanol–water partition coefficient (Wildman–Crippen LogP) is 4.39. The molecule has 1 aliphatic carbocycles. The molecule has 1 heterocycles. The zero-order chi connectivity index (χ0) is 24.3. The van der Waals surface area contributed by atoms with Gasteiger partial charge in [-0.05, 0) is 51.3 Å². The summed E-state index contributed by atoms with van der Waals surface area (Å²) < 4.78 is 16.6. The third kappa shape index (κ3) is 4.95. The molecular formula is C26H32FN5O2. The van der Waals surface area contributed by atoms with Gasteiger partial charge in [0.15, 0.2) is 0 Å². The molecule has 1 unspecified atom stereocenters. The van der Waals surface area contributed by atoms with Gasteiger partial charge in [-0.15, -0.1) is 5.10 Å². The second-order valence-corrected chi connectivity index (χ2v) is 9.63. The minimum absolute atomic E-state index is 0.0770. The number of rotatable bonds is 8. The molecule has 1 aliphatic rings. The average molecular weight is 466 g/mol. The van der Waals surface area contributed by atoms with E-state index in [-0.39, 0.29) is 30.0 Å². The van der Waals surface area contributed by atoms with Crippen molar-refractivity contribution in [3.8, 4) is 0 Å². The number of nitrogens with zero attached hydrogens (tertiary/aromatic N) is 4. The number of halogens is 1. The topological polar surface area (TPSA) is 80.1 Å². The molecule has 1 N–H and O–H groups in total. The maximum absolute atomic E-state index is 15.1. The number of aromatic nitrogens is 3. The van der Waals surface area contributed by atoms with Crippen molar-refractivity contribution in [3.63, 3.8) is 0 Å². The van der Waals surface area contributed by atoms with Crippen molar-refractivity contribution in [1.82, 2.24) is 25.2 Å². The number of para-hydroxylation sites is 1. The molecule has 1 fully saturated rings. The number of hydrogen-bond acceptors (Lipinski definition) is 4. The van der Waals surface area contributed by atoms with Crippen molar-refractivity contribution in [1.29, 1.82) is 0 Å². The van der Waals surface area contributed by atoms with E-state index in [1.165, 1.54) is 6.07 Å². The van der Waals surface area contributed by atoms with Crippen LogP contribution in [0.1, 0.15) is 64.5 Å². The van der Waals surface area contributed by atoms with Crippen molar-refractivity contribution in [2.45, 2.75) is 77.0 Å². The van der Waals surface area contributed by atoms with Crippen LogP contribution in [0.15, 0.2) is 48.5 Å². The molecule has 7 nitrogen and oxygen atoms in total. The molecule has 0 saturated heterocycles. The van der Waals surface area contributed by atoms with Crippen molar-refractivity contribution < 1.29 is 14.0 Å². The number of benzene rings is 2. The second-order valence-electron chi connectivity index (χ2n) is 9.63. The molecule has 34 heavy (non-hydrogen) atoms. The van der Waals surface area contributed by atoms with E-state index in [1.807, 2.05) is 45.0 Å². The highest BCUT2D eigenvalue weighted by Crippen LogP contribution is 2.33. The summed E-state index contributed by atoms with van der Waals surface area (Å²) in [6.45, 7) is 5.75. The lowest BCUT2D eigenvalue weighted by atomic mass is 9.97. The fourth-order valence-electron chi connectivity index (χ4n) is 4.59. The van der Waals surface area contributed by atoms with Gasteiger partial charge >= 0.3 is 0 Å². The summed E-state index contributed by atoms with van der Waals surface area (Å²) in [5.41, 5.74) is 1.14. The summed E-state index contributed by atoms with van der Waals surface area (Å²) in [6.07, 6.45) is 4.18. The Morgan fingerprint density at radius 3 is 2.53 bits per heavy atom. The van der Waals surface area contributed by atoms with Gasteiger partial charge in [0.05, 0.1) is 5.52 Å². The molecule has 4 rings (SSSR count). The highest BCUT2D eigenvalue weighted by Gasteiger charge is 2.40. The Morgan fingerprint density at radius 2 is 1.82 bits per heavy atom. The Kier molecular flexibility index (Phi) is 6.95. The molecule has 1 saturated carbocycles. The van der Waals surface area contributed by atoms with Crippen LogP contribution in [0.5, 0.6) is 0 Å². The van der Waals surface area contributed by atoms with E-state index in [9.17, 15) is 9.59 Å². The Labute approximate surface area is 199 Å². The first-order valence-electron chi connectivity index (χ1n) is 12.0. The lowest BCUT2D eigenvalue weighted by Crippen LogP contribution is -2.53. The summed E-state index contributed by atoms with van der Waals surface area (Å²) in [6, 6.07) is 12.4. The standard InChI is InChI=1S/C26H32FN5O2/c1-4-26(2,3)28-25(34)24(19-13-7-8-14-20(19)27)32(18-11-5-6-12-18)23(33)17-31-22-16-10-9-15-21(22)29-30-31/h7-10,13-16,18,24H,4-6,11-12,17H2,1-3H3,(H,28,34). The number of fused-ring (bicyclic) bond motifs is 1. The predicted molar refractivity (Wildman–Crippen MR) is 128 cm³/mol. The highest BCUT2D eigenvalue weighted by atomic mass is 19.1. The van der Waals surface area contributed by atoms with Crippen molar-refractivity contribution in [2.75, 3.05) is 0 Å². The summed E-state index contributed by atoms with van der Waals surface area (Å²) in [4.78, 5) is 29.1. The van der Waals surface area contributed by atoms with Crippen LogP contribution in [0.2, 0.25) is 0 Å². The van der Waals surface area contributed by atoms with Gasteiger partial charge in [-0.1, -0.05) is 55.3 Å². The Bertz CT molecular complexity index is 1170. The lowest BCUT2D eigenvalue weighted by Gasteiger charge is -2.38. The number of amides is 2. The number of carbonyl (C=O) groups excluding carboxylic acids is 2. The average Bonchev–Trinajstić information content (AvgIpc) is 3.48. The minimum Gasteiger partial charge on any atom is -0.349 e. The van der Waals surface area contributed by atoms with E-state index < -0.39 is 17.4 Å². The Hall–Kier alpha value is -3.29. The molecule has 0 aliphatic heterocycles. The van der Waals surface area contributed by atoms with E-state index in [1.54, 1.807) is 27.8 Å². The monoisotopic (exact) mass is 465 g/mol. The van der Waals surface area contributed by atoms with Crippen molar-refractivity contribution in [3.05, 3.63) is 59.9 Å². The minimum atomic E-state index is -1.07. The van der Waals surface area contributed by atoms with Crippen LogP contribution >= 0.6 is 0 Å². The normalized spacial score (nSPS) is 15.4. The molecule has 2 aromatic carbocycles. The molecule has 0 radical (unpaired) electrons. The molecule has 0 bridgehead atoms. The van der Waals surface area contributed by atoms with Gasteiger partial charge in [0.25, 0.3) is 0 Å².